The molecule has 14 nitrogen and oxygen atoms in total. The highest BCUT2D eigenvalue weighted by atomic mass is 16.0. The average molecular weight is 262 g/mol. The summed E-state index contributed by atoms with van der Waals surface area (Å²) in [5, 5.41) is 14.8. The van der Waals surface area contributed by atoms with E-state index in [1.807, 2.05) is 0 Å². The van der Waals surface area contributed by atoms with Crippen LogP contribution in [0.25, 0.3) is 11.6 Å². The van der Waals surface area contributed by atoms with Gasteiger partial charge in [-0.25, -0.2) is 21.0 Å². The summed E-state index contributed by atoms with van der Waals surface area (Å²) in [4.78, 5) is 0. The molecule has 0 unspecified atom stereocenters. The third kappa shape index (κ3) is 2.06. The lowest BCUT2D eigenvalue weighted by atomic mass is 10.6. The number of aromatic nitrogens is 6. The highest BCUT2D eigenvalue weighted by molar-refractivity contribution is 5.50. The first kappa shape index (κ1) is 15.3. The molecule has 0 aliphatic heterocycles. The maximum atomic E-state index is 5.63. The first-order chi connectivity index (χ1) is 7.69. The van der Waals surface area contributed by atoms with Crippen LogP contribution in [0.15, 0.2) is 0 Å². The molecule has 2 rings (SSSR count). The molecule has 0 atom stereocenters. The van der Waals surface area contributed by atoms with Gasteiger partial charge < -0.3 is 22.6 Å². The number of nitrogens with zero attached hydrogens (tertiary/aromatic N) is 6. The summed E-state index contributed by atoms with van der Waals surface area (Å²) in [5.41, 5.74) is 4.50. The smallest absolute Gasteiger partial charge is 0.257 e. The van der Waals surface area contributed by atoms with Crippen molar-refractivity contribution < 1.29 is 11.0 Å². The minimum Gasteiger partial charge on any atom is -0.412 e. The summed E-state index contributed by atoms with van der Waals surface area (Å²) in [5.74, 6) is 22.2. The largest absolute Gasteiger partial charge is 0.412 e. The van der Waals surface area contributed by atoms with Crippen molar-refractivity contribution in [3.63, 3.8) is 0 Å². The molecule has 0 aliphatic carbocycles. The first-order valence-electron chi connectivity index (χ1n) is 4.03. The van der Waals surface area contributed by atoms with Gasteiger partial charge in [-0.15, -0.1) is 20.4 Å². The van der Waals surface area contributed by atoms with E-state index >= 15 is 0 Å². The molecule has 0 spiro atoms. The fraction of sp³-hybridized carbons (Fsp3) is 0. The van der Waals surface area contributed by atoms with E-state index in [2.05, 4.69) is 31.2 Å². The predicted octanol–water partition coefficient (Wildman–Crippen LogP) is -5.11. The molecule has 2 heterocycles. The molecule has 0 radical (unpaired) electrons. The Morgan fingerprint density at radius 1 is 0.722 bits per heavy atom. The van der Waals surface area contributed by atoms with Gasteiger partial charge in [-0.2, -0.15) is 0 Å². The lowest BCUT2D eigenvalue weighted by Crippen LogP contribution is -2.22. The number of hydrogen-bond donors (Lipinski definition) is 6. The molecule has 2 aromatic rings. The SMILES string of the molecule is NNc1nnc(-c2nnc(NN)n2N)n1N.O.O. The monoisotopic (exact) mass is 262 g/mol. The molecular weight excluding hydrogens is 248 g/mol. The quantitative estimate of drug-likeness (QED) is 0.226. The molecule has 0 bridgehead atoms. The van der Waals surface area contributed by atoms with Crippen molar-refractivity contribution >= 4 is 11.9 Å². The Bertz CT molecular complexity index is 456. The van der Waals surface area contributed by atoms with E-state index < -0.39 is 0 Å². The maximum Gasteiger partial charge on any atom is 0.257 e. The maximum absolute atomic E-state index is 5.63. The Kier molecular flexibility index (Phi) is 4.76. The number of rotatable bonds is 3. The summed E-state index contributed by atoms with van der Waals surface area (Å²) in [7, 11) is 0. The number of anilines is 2. The molecule has 0 saturated heterocycles. The van der Waals surface area contributed by atoms with Gasteiger partial charge in [-0.1, -0.05) is 0 Å². The van der Waals surface area contributed by atoms with Crippen LogP contribution in [-0.2, 0) is 0 Å². The van der Waals surface area contributed by atoms with Gasteiger partial charge in [0.1, 0.15) is 0 Å². The lowest BCUT2D eigenvalue weighted by Gasteiger charge is -2.02. The lowest BCUT2D eigenvalue weighted by molar-refractivity contribution is 0.823. The van der Waals surface area contributed by atoms with Gasteiger partial charge in [0.25, 0.3) is 11.9 Å². The van der Waals surface area contributed by atoms with Crippen LogP contribution in [0.1, 0.15) is 0 Å². The van der Waals surface area contributed by atoms with E-state index in [0.717, 1.165) is 9.35 Å². The molecular formula is C4H14N12O2. The third-order valence-electron chi connectivity index (χ3n) is 1.85. The van der Waals surface area contributed by atoms with E-state index in [1.165, 1.54) is 0 Å². The average Bonchev–Trinajstić information content (AvgIpc) is 2.82. The van der Waals surface area contributed by atoms with Gasteiger partial charge in [0.05, 0.1) is 0 Å². The van der Waals surface area contributed by atoms with Crippen molar-refractivity contribution in [2.75, 3.05) is 22.5 Å². The first-order valence-corrected chi connectivity index (χ1v) is 4.03. The summed E-state index contributed by atoms with van der Waals surface area (Å²) in [6, 6.07) is 0. The fourth-order valence-corrected chi connectivity index (χ4v) is 1.08. The second-order valence-electron chi connectivity index (χ2n) is 2.72. The number of nitrogens with two attached hydrogens (primary N) is 4. The standard InChI is InChI=1S/C4H10N12.2H2O/c5-9-3-13-11-1(15(3)7)2-12-14-4(10-6)16(2)8;;/h5-8H2,(H,9,13)(H,10,14);2*1H2. The van der Waals surface area contributed by atoms with Crippen LogP contribution < -0.4 is 34.2 Å². The van der Waals surface area contributed by atoms with Crippen molar-refractivity contribution in [1.82, 2.24) is 29.7 Å². The van der Waals surface area contributed by atoms with Crippen molar-refractivity contribution in [3.8, 4) is 11.6 Å². The van der Waals surface area contributed by atoms with Crippen molar-refractivity contribution in [2.24, 2.45) is 11.7 Å². The van der Waals surface area contributed by atoms with Crippen LogP contribution in [-0.4, -0.2) is 40.7 Å². The number of hydrazine groups is 2. The number of nitrogens with one attached hydrogen (secondary N) is 2. The predicted molar refractivity (Wildman–Crippen MR) is 62.2 cm³/mol. The normalized spacial score (nSPS) is 9.22. The van der Waals surface area contributed by atoms with Gasteiger partial charge in [0.2, 0.25) is 11.6 Å². The Labute approximate surface area is 99.4 Å². The van der Waals surface area contributed by atoms with Crippen LogP contribution >= 0.6 is 0 Å². The van der Waals surface area contributed by atoms with Crippen molar-refractivity contribution in [3.05, 3.63) is 0 Å². The molecule has 0 fully saturated rings. The van der Waals surface area contributed by atoms with E-state index in [0.29, 0.717) is 0 Å². The molecule has 2 aromatic heterocycles. The Balaban J connectivity index is 0.00000144. The van der Waals surface area contributed by atoms with E-state index in [1.54, 1.807) is 0 Å². The van der Waals surface area contributed by atoms with E-state index in [-0.39, 0.29) is 34.5 Å². The molecule has 0 aromatic carbocycles. The minimum atomic E-state index is 0. The second-order valence-corrected chi connectivity index (χ2v) is 2.72. The zero-order valence-corrected chi connectivity index (χ0v) is 8.99. The van der Waals surface area contributed by atoms with Crippen LogP contribution in [0.3, 0.4) is 0 Å². The molecule has 102 valence electrons. The van der Waals surface area contributed by atoms with Gasteiger partial charge in [-0.05, 0) is 0 Å². The van der Waals surface area contributed by atoms with Crippen LogP contribution in [0.2, 0.25) is 0 Å². The van der Waals surface area contributed by atoms with E-state index in [4.69, 9.17) is 23.4 Å². The highest BCUT2D eigenvalue weighted by Gasteiger charge is 2.18. The van der Waals surface area contributed by atoms with Gasteiger partial charge in [0.15, 0.2) is 0 Å². The van der Waals surface area contributed by atoms with Gasteiger partial charge >= 0.3 is 0 Å². The summed E-state index contributed by atoms with van der Waals surface area (Å²) < 4.78 is 2.15. The molecule has 0 aliphatic rings. The summed E-state index contributed by atoms with van der Waals surface area (Å²) >= 11 is 0. The highest BCUT2D eigenvalue weighted by Crippen LogP contribution is 2.15. The second kappa shape index (κ2) is 5.59. The molecule has 0 saturated carbocycles. The Morgan fingerprint density at radius 3 is 1.28 bits per heavy atom. The summed E-state index contributed by atoms with van der Waals surface area (Å²) in [6.45, 7) is 0. The van der Waals surface area contributed by atoms with Crippen molar-refractivity contribution in [2.45, 2.75) is 0 Å². The molecule has 14 heteroatoms. The minimum absolute atomic E-state index is 0. The topological polar surface area (TPSA) is 253 Å². The molecule has 14 N–H and O–H groups in total. The van der Waals surface area contributed by atoms with E-state index in [9.17, 15) is 0 Å². The van der Waals surface area contributed by atoms with Crippen LogP contribution in [0.5, 0.6) is 0 Å². The molecule has 18 heavy (non-hydrogen) atoms. The Hall–Kier alpha value is -2.68. The molecule has 0 amide bonds. The van der Waals surface area contributed by atoms with Gasteiger partial charge in [-0.3, -0.25) is 10.9 Å². The van der Waals surface area contributed by atoms with Crippen LogP contribution in [0, 0.1) is 0 Å². The Morgan fingerprint density at radius 2 is 1.06 bits per heavy atom. The number of hydrogen-bond acceptors (Lipinski definition) is 10. The zero-order valence-electron chi connectivity index (χ0n) is 8.99. The van der Waals surface area contributed by atoms with Gasteiger partial charge in [0, 0.05) is 0 Å². The van der Waals surface area contributed by atoms with Crippen LogP contribution in [0.4, 0.5) is 11.9 Å². The fourth-order valence-electron chi connectivity index (χ4n) is 1.08. The van der Waals surface area contributed by atoms with Crippen molar-refractivity contribution in [1.29, 1.82) is 0 Å². The third-order valence-corrected chi connectivity index (χ3v) is 1.85. The number of nitrogen functional groups attached to an aromatic ring is 4. The summed E-state index contributed by atoms with van der Waals surface area (Å²) in [6.07, 6.45) is 0. The zero-order chi connectivity index (χ0) is 11.7.